The van der Waals surface area contributed by atoms with Crippen molar-refractivity contribution in [1.29, 1.82) is 0 Å². The molecule has 4 nitrogen and oxygen atoms in total. The SMILES string of the molecule is CCc1cccc(C)c1NC(=O)CCc1csc(-c2ccncc2)n1. The smallest absolute Gasteiger partial charge is 0.224 e. The summed E-state index contributed by atoms with van der Waals surface area (Å²) in [6, 6.07) is 10.00. The number of carbonyl (C=O) groups is 1. The number of para-hydroxylation sites is 1. The van der Waals surface area contributed by atoms with E-state index in [0.29, 0.717) is 12.8 Å². The highest BCUT2D eigenvalue weighted by atomic mass is 32.1. The minimum atomic E-state index is 0.0301. The van der Waals surface area contributed by atoms with Crippen LogP contribution >= 0.6 is 11.3 Å². The number of amides is 1. The van der Waals surface area contributed by atoms with Crippen molar-refractivity contribution in [1.82, 2.24) is 9.97 Å². The summed E-state index contributed by atoms with van der Waals surface area (Å²) in [6.45, 7) is 4.12. The number of aromatic nitrogens is 2. The summed E-state index contributed by atoms with van der Waals surface area (Å²) < 4.78 is 0. The fraction of sp³-hybridized carbons (Fsp3) is 0.250. The third-order valence-electron chi connectivity index (χ3n) is 4.09. The molecule has 0 fully saturated rings. The third-order valence-corrected chi connectivity index (χ3v) is 5.03. The molecule has 1 aromatic carbocycles. The molecular weight excluding hydrogens is 330 g/mol. The molecule has 25 heavy (non-hydrogen) atoms. The van der Waals surface area contributed by atoms with Gasteiger partial charge in [0, 0.05) is 35.4 Å². The summed E-state index contributed by atoms with van der Waals surface area (Å²) >= 11 is 1.60. The average molecular weight is 351 g/mol. The second-order valence-corrected chi connectivity index (χ2v) is 6.75. The molecular formula is C20H21N3OS. The first-order valence-corrected chi connectivity index (χ1v) is 9.28. The van der Waals surface area contributed by atoms with Gasteiger partial charge in [-0.3, -0.25) is 9.78 Å². The van der Waals surface area contributed by atoms with Crippen molar-refractivity contribution < 1.29 is 4.79 Å². The molecule has 3 rings (SSSR count). The number of nitrogens with zero attached hydrogens (tertiary/aromatic N) is 2. The fourth-order valence-corrected chi connectivity index (χ4v) is 3.55. The Kier molecular flexibility index (Phi) is 5.56. The Hall–Kier alpha value is -2.53. The van der Waals surface area contributed by atoms with E-state index in [1.807, 2.05) is 36.6 Å². The molecule has 3 aromatic rings. The number of pyridine rings is 1. The van der Waals surface area contributed by atoms with Gasteiger partial charge in [-0.25, -0.2) is 4.98 Å². The second-order valence-electron chi connectivity index (χ2n) is 5.89. The topological polar surface area (TPSA) is 54.9 Å². The van der Waals surface area contributed by atoms with Gasteiger partial charge in [-0.05, 0) is 43.0 Å². The highest BCUT2D eigenvalue weighted by molar-refractivity contribution is 7.13. The fourth-order valence-electron chi connectivity index (χ4n) is 2.69. The minimum absolute atomic E-state index is 0.0301. The number of rotatable bonds is 6. The van der Waals surface area contributed by atoms with Crippen LogP contribution in [0.1, 0.15) is 30.2 Å². The summed E-state index contributed by atoms with van der Waals surface area (Å²) in [4.78, 5) is 21.0. The normalized spacial score (nSPS) is 10.6. The van der Waals surface area contributed by atoms with E-state index in [0.717, 1.165) is 33.9 Å². The molecule has 0 radical (unpaired) electrons. The Morgan fingerprint density at radius 1 is 1.20 bits per heavy atom. The van der Waals surface area contributed by atoms with Gasteiger partial charge in [0.25, 0.3) is 0 Å². The van der Waals surface area contributed by atoms with E-state index < -0.39 is 0 Å². The number of anilines is 1. The monoisotopic (exact) mass is 351 g/mol. The van der Waals surface area contributed by atoms with Gasteiger partial charge in [0.1, 0.15) is 5.01 Å². The van der Waals surface area contributed by atoms with Gasteiger partial charge < -0.3 is 5.32 Å². The number of nitrogens with one attached hydrogen (secondary N) is 1. The van der Waals surface area contributed by atoms with E-state index in [1.165, 1.54) is 5.56 Å². The predicted molar refractivity (Wildman–Crippen MR) is 103 cm³/mol. The molecule has 0 saturated carbocycles. The van der Waals surface area contributed by atoms with Gasteiger partial charge in [0.2, 0.25) is 5.91 Å². The lowest BCUT2D eigenvalue weighted by Gasteiger charge is -2.12. The number of aryl methyl sites for hydroxylation is 3. The number of hydrogen-bond acceptors (Lipinski definition) is 4. The molecule has 2 heterocycles. The van der Waals surface area contributed by atoms with Crippen molar-refractivity contribution in [2.24, 2.45) is 0 Å². The Bertz CT molecular complexity index is 858. The lowest BCUT2D eigenvalue weighted by Crippen LogP contribution is -2.14. The quantitative estimate of drug-likeness (QED) is 0.703. The van der Waals surface area contributed by atoms with Crippen LogP contribution in [-0.4, -0.2) is 15.9 Å². The summed E-state index contributed by atoms with van der Waals surface area (Å²) in [7, 11) is 0. The van der Waals surface area contributed by atoms with Gasteiger partial charge in [-0.2, -0.15) is 0 Å². The minimum Gasteiger partial charge on any atom is -0.326 e. The standard InChI is InChI=1S/C20H21N3OS/c1-3-15-6-4-5-14(2)19(15)23-18(24)8-7-17-13-25-20(22-17)16-9-11-21-12-10-16/h4-6,9-13H,3,7-8H2,1-2H3,(H,23,24). The van der Waals surface area contributed by atoms with E-state index in [2.05, 4.69) is 28.3 Å². The largest absolute Gasteiger partial charge is 0.326 e. The van der Waals surface area contributed by atoms with Crippen LogP contribution in [0.2, 0.25) is 0 Å². The van der Waals surface area contributed by atoms with E-state index in [-0.39, 0.29) is 5.91 Å². The second kappa shape index (κ2) is 8.03. The lowest BCUT2D eigenvalue weighted by atomic mass is 10.1. The zero-order valence-electron chi connectivity index (χ0n) is 14.5. The zero-order chi connectivity index (χ0) is 17.6. The van der Waals surface area contributed by atoms with E-state index in [9.17, 15) is 4.79 Å². The first-order valence-electron chi connectivity index (χ1n) is 8.40. The zero-order valence-corrected chi connectivity index (χ0v) is 15.3. The van der Waals surface area contributed by atoms with Crippen molar-refractivity contribution >= 4 is 22.9 Å². The molecule has 128 valence electrons. The van der Waals surface area contributed by atoms with E-state index in [1.54, 1.807) is 23.7 Å². The number of hydrogen-bond donors (Lipinski definition) is 1. The van der Waals surface area contributed by atoms with Crippen molar-refractivity contribution in [3.8, 4) is 10.6 Å². The van der Waals surface area contributed by atoms with Crippen LogP contribution in [0.5, 0.6) is 0 Å². The van der Waals surface area contributed by atoms with Crippen LogP contribution < -0.4 is 5.32 Å². The molecule has 0 bridgehead atoms. The molecule has 0 aliphatic heterocycles. The van der Waals surface area contributed by atoms with Crippen LogP contribution in [0, 0.1) is 6.92 Å². The third kappa shape index (κ3) is 4.31. The molecule has 0 aliphatic carbocycles. The van der Waals surface area contributed by atoms with Crippen LogP contribution in [0.15, 0.2) is 48.1 Å². The van der Waals surface area contributed by atoms with Crippen LogP contribution in [0.25, 0.3) is 10.6 Å². The summed E-state index contributed by atoms with van der Waals surface area (Å²) in [5, 5.41) is 6.05. The first-order chi connectivity index (χ1) is 12.2. The van der Waals surface area contributed by atoms with Crippen LogP contribution in [0.3, 0.4) is 0 Å². The van der Waals surface area contributed by atoms with E-state index in [4.69, 9.17) is 0 Å². The Morgan fingerprint density at radius 3 is 2.76 bits per heavy atom. The highest BCUT2D eigenvalue weighted by Crippen LogP contribution is 2.24. The van der Waals surface area contributed by atoms with Gasteiger partial charge in [0.15, 0.2) is 0 Å². The average Bonchev–Trinajstić information content (AvgIpc) is 3.11. The summed E-state index contributed by atoms with van der Waals surface area (Å²) in [6.07, 6.45) is 5.49. The molecule has 2 aromatic heterocycles. The first kappa shape index (κ1) is 17.3. The summed E-state index contributed by atoms with van der Waals surface area (Å²) in [5.74, 6) is 0.0301. The molecule has 0 aliphatic rings. The van der Waals surface area contributed by atoms with Gasteiger partial charge >= 0.3 is 0 Å². The maximum Gasteiger partial charge on any atom is 0.224 e. The maximum absolute atomic E-state index is 12.3. The van der Waals surface area contributed by atoms with Crippen molar-refractivity contribution in [3.05, 3.63) is 64.9 Å². The van der Waals surface area contributed by atoms with Crippen molar-refractivity contribution in [2.45, 2.75) is 33.1 Å². The Labute approximate surface area is 152 Å². The van der Waals surface area contributed by atoms with Gasteiger partial charge in [-0.15, -0.1) is 11.3 Å². The number of carbonyl (C=O) groups excluding carboxylic acids is 1. The summed E-state index contributed by atoms with van der Waals surface area (Å²) in [5.41, 5.74) is 5.23. The highest BCUT2D eigenvalue weighted by Gasteiger charge is 2.10. The maximum atomic E-state index is 12.3. The van der Waals surface area contributed by atoms with E-state index >= 15 is 0 Å². The molecule has 5 heteroatoms. The molecule has 0 saturated heterocycles. The lowest BCUT2D eigenvalue weighted by molar-refractivity contribution is -0.116. The predicted octanol–water partition coefficient (Wildman–Crippen LogP) is 4.65. The Morgan fingerprint density at radius 2 is 2.00 bits per heavy atom. The Balaban J connectivity index is 1.61. The molecule has 0 spiro atoms. The van der Waals surface area contributed by atoms with Crippen molar-refractivity contribution in [2.75, 3.05) is 5.32 Å². The number of thiazole rings is 1. The number of benzene rings is 1. The molecule has 0 atom stereocenters. The van der Waals surface area contributed by atoms with Gasteiger partial charge in [0.05, 0.1) is 5.69 Å². The molecule has 1 N–H and O–H groups in total. The molecule has 1 amide bonds. The van der Waals surface area contributed by atoms with Crippen LogP contribution in [-0.2, 0) is 17.6 Å². The van der Waals surface area contributed by atoms with Gasteiger partial charge in [-0.1, -0.05) is 25.1 Å². The van der Waals surface area contributed by atoms with Crippen molar-refractivity contribution in [3.63, 3.8) is 0 Å². The van der Waals surface area contributed by atoms with Crippen LogP contribution in [0.4, 0.5) is 5.69 Å². The molecule has 0 unspecified atom stereocenters.